The molecule has 0 bridgehead atoms. The van der Waals surface area contributed by atoms with Crippen LogP contribution in [0.3, 0.4) is 0 Å². The van der Waals surface area contributed by atoms with Crippen LogP contribution in [-0.2, 0) is 13.6 Å². The Morgan fingerprint density at radius 3 is 2.73 bits per heavy atom. The van der Waals surface area contributed by atoms with Crippen molar-refractivity contribution in [2.75, 3.05) is 6.61 Å². The highest BCUT2D eigenvalue weighted by Crippen LogP contribution is 2.05. The van der Waals surface area contributed by atoms with Gasteiger partial charge in [0.2, 0.25) is 0 Å². The minimum atomic E-state index is 0.153. The van der Waals surface area contributed by atoms with Crippen molar-refractivity contribution < 1.29 is 5.11 Å². The molecule has 1 atom stereocenters. The molecule has 2 N–H and O–H groups in total. The summed E-state index contributed by atoms with van der Waals surface area (Å²) in [6.07, 6.45) is 2.71. The van der Waals surface area contributed by atoms with Gasteiger partial charge in [-0.3, -0.25) is 4.68 Å². The quantitative estimate of drug-likeness (QED) is 0.712. The largest absolute Gasteiger partial charge is 0.395 e. The Balaban J connectivity index is 2.37. The Hall–Kier alpha value is -0.940. The van der Waals surface area contributed by atoms with E-state index in [1.54, 1.807) is 10.9 Å². The molecule has 86 valence electrons. The number of aliphatic hydroxyl groups is 1. The molecule has 1 aromatic heterocycles. The smallest absolute Gasteiger partial charge is 0.0738 e. The lowest BCUT2D eigenvalue weighted by Gasteiger charge is -2.17. The van der Waals surface area contributed by atoms with Crippen LogP contribution < -0.4 is 5.32 Å². The van der Waals surface area contributed by atoms with E-state index in [-0.39, 0.29) is 12.6 Å². The first kappa shape index (κ1) is 12.1. The second-order valence-corrected chi connectivity index (χ2v) is 4.24. The molecule has 0 saturated carbocycles. The second-order valence-electron chi connectivity index (χ2n) is 4.24. The number of aliphatic hydroxyl groups excluding tert-OH is 1. The predicted molar refractivity (Wildman–Crippen MR) is 58.2 cm³/mol. The van der Waals surface area contributed by atoms with E-state index in [2.05, 4.69) is 29.5 Å². The normalized spacial score (nSPS) is 13.4. The molecule has 0 aliphatic heterocycles. The summed E-state index contributed by atoms with van der Waals surface area (Å²) in [6.45, 7) is 5.16. The third-order valence-corrected chi connectivity index (χ3v) is 2.36. The Morgan fingerprint density at radius 1 is 1.53 bits per heavy atom. The molecule has 0 radical (unpaired) electrons. The minimum Gasteiger partial charge on any atom is -0.395 e. The fourth-order valence-electron chi connectivity index (χ4n) is 1.51. The van der Waals surface area contributed by atoms with Gasteiger partial charge < -0.3 is 10.4 Å². The average Bonchev–Trinajstić information content (AvgIpc) is 2.58. The molecule has 1 heterocycles. The zero-order valence-electron chi connectivity index (χ0n) is 9.64. The fourth-order valence-corrected chi connectivity index (χ4v) is 1.51. The van der Waals surface area contributed by atoms with E-state index in [4.69, 9.17) is 0 Å². The Morgan fingerprint density at radius 2 is 2.27 bits per heavy atom. The SMILES string of the molecule is CC(C)CC(CO)NCc1cnnn1C. The van der Waals surface area contributed by atoms with Crippen LogP contribution in [0.25, 0.3) is 0 Å². The van der Waals surface area contributed by atoms with Crippen molar-refractivity contribution in [1.29, 1.82) is 0 Å². The number of hydrogen-bond acceptors (Lipinski definition) is 4. The number of nitrogens with one attached hydrogen (secondary N) is 1. The van der Waals surface area contributed by atoms with Gasteiger partial charge in [-0.25, -0.2) is 0 Å². The summed E-state index contributed by atoms with van der Waals surface area (Å²) >= 11 is 0. The van der Waals surface area contributed by atoms with Crippen molar-refractivity contribution in [3.63, 3.8) is 0 Å². The minimum absolute atomic E-state index is 0.153. The lowest BCUT2D eigenvalue weighted by Crippen LogP contribution is -2.33. The summed E-state index contributed by atoms with van der Waals surface area (Å²) < 4.78 is 1.73. The molecular formula is C10H20N4O. The average molecular weight is 212 g/mol. The van der Waals surface area contributed by atoms with Gasteiger partial charge in [-0.05, 0) is 12.3 Å². The number of rotatable bonds is 6. The van der Waals surface area contributed by atoms with Crippen LogP contribution in [0.1, 0.15) is 26.0 Å². The zero-order chi connectivity index (χ0) is 11.3. The van der Waals surface area contributed by atoms with Gasteiger partial charge in [0, 0.05) is 19.6 Å². The van der Waals surface area contributed by atoms with Crippen molar-refractivity contribution >= 4 is 0 Å². The molecule has 0 aliphatic rings. The molecule has 5 heteroatoms. The summed E-state index contributed by atoms with van der Waals surface area (Å²) in [6, 6.07) is 0.153. The first-order valence-corrected chi connectivity index (χ1v) is 5.31. The van der Waals surface area contributed by atoms with Crippen LogP contribution in [-0.4, -0.2) is 32.7 Å². The molecule has 1 aromatic rings. The molecule has 0 fully saturated rings. The van der Waals surface area contributed by atoms with E-state index < -0.39 is 0 Å². The lowest BCUT2D eigenvalue weighted by molar-refractivity contribution is 0.222. The number of aryl methyl sites for hydroxylation is 1. The van der Waals surface area contributed by atoms with Gasteiger partial charge in [0.25, 0.3) is 0 Å². The molecule has 0 aliphatic carbocycles. The molecule has 0 aromatic carbocycles. The van der Waals surface area contributed by atoms with E-state index in [9.17, 15) is 5.11 Å². The third-order valence-electron chi connectivity index (χ3n) is 2.36. The fraction of sp³-hybridized carbons (Fsp3) is 0.800. The van der Waals surface area contributed by atoms with Gasteiger partial charge in [-0.1, -0.05) is 19.1 Å². The van der Waals surface area contributed by atoms with Gasteiger partial charge in [-0.15, -0.1) is 5.10 Å². The molecule has 1 rings (SSSR count). The predicted octanol–water partition coefficient (Wildman–Crippen LogP) is 0.312. The van der Waals surface area contributed by atoms with Gasteiger partial charge in [0.1, 0.15) is 0 Å². The lowest BCUT2D eigenvalue weighted by atomic mass is 10.0. The first-order valence-electron chi connectivity index (χ1n) is 5.31. The number of hydrogen-bond donors (Lipinski definition) is 2. The highest BCUT2D eigenvalue weighted by molar-refractivity contribution is 4.92. The van der Waals surface area contributed by atoms with Gasteiger partial charge >= 0.3 is 0 Å². The molecule has 0 spiro atoms. The van der Waals surface area contributed by atoms with Crippen molar-refractivity contribution in [2.45, 2.75) is 32.9 Å². The van der Waals surface area contributed by atoms with Crippen molar-refractivity contribution in [3.8, 4) is 0 Å². The van der Waals surface area contributed by atoms with Gasteiger partial charge in [-0.2, -0.15) is 0 Å². The summed E-state index contributed by atoms with van der Waals surface area (Å²) in [5.41, 5.74) is 1.03. The second kappa shape index (κ2) is 5.82. The van der Waals surface area contributed by atoms with Crippen molar-refractivity contribution in [2.24, 2.45) is 13.0 Å². The van der Waals surface area contributed by atoms with E-state index in [0.29, 0.717) is 12.5 Å². The summed E-state index contributed by atoms with van der Waals surface area (Å²) in [5, 5.41) is 20.1. The maximum Gasteiger partial charge on any atom is 0.0738 e. The molecule has 0 amide bonds. The Kier molecular flexibility index (Phi) is 4.71. The monoisotopic (exact) mass is 212 g/mol. The Bertz CT molecular complexity index is 285. The summed E-state index contributed by atoms with van der Waals surface area (Å²) in [4.78, 5) is 0. The highest BCUT2D eigenvalue weighted by atomic mass is 16.3. The van der Waals surface area contributed by atoms with Gasteiger partial charge in [0.15, 0.2) is 0 Å². The zero-order valence-corrected chi connectivity index (χ0v) is 9.64. The molecular weight excluding hydrogens is 192 g/mol. The van der Waals surface area contributed by atoms with Crippen molar-refractivity contribution in [3.05, 3.63) is 11.9 Å². The molecule has 15 heavy (non-hydrogen) atoms. The maximum absolute atomic E-state index is 9.17. The van der Waals surface area contributed by atoms with Crippen LogP contribution in [0, 0.1) is 5.92 Å². The third kappa shape index (κ3) is 3.97. The summed E-state index contributed by atoms with van der Waals surface area (Å²) in [5.74, 6) is 0.583. The number of aromatic nitrogens is 3. The maximum atomic E-state index is 9.17. The topological polar surface area (TPSA) is 63.0 Å². The van der Waals surface area contributed by atoms with Crippen LogP contribution in [0.5, 0.6) is 0 Å². The van der Waals surface area contributed by atoms with Gasteiger partial charge in [0.05, 0.1) is 18.5 Å². The van der Waals surface area contributed by atoms with Crippen molar-refractivity contribution in [1.82, 2.24) is 20.3 Å². The van der Waals surface area contributed by atoms with Crippen LogP contribution >= 0.6 is 0 Å². The molecule has 1 unspecified atom stereocenters. The van der Waals surface area contributed by atoms with E-state index in [1.165, 1.54) is 0 Å². The van der Waals surface area contributed by atoms with Crippen LogP contribution in [0.4, 0.5) is 0 Å². The Labute approximate surface area is 90.5 Å². The summed E-state index contributed by atoms with van der Waals surface area (Å²) in [7, 11) is 1.86. The first-order chi connectivity index (χ1) is 7.13. The highest BCUT2D eigenvalue weighted by Gasteiger charge is 2.09. The van der Waals surface area contributed by atoms with Crippen LogP contribution in [0.2, 0.25) is 0 Å². The molecule has 0 saturated heterocycles. The van der Waals surface area contributed by atoms with Crippen LogP contribution in [0.15, 0.2) is 6.20 Å². The van der Waals surface area contributed by atoms with E-state index in [1.807, 2.05) is 7.05 Å². The standard InChI is InChI=1S/C10H20N4O/c1-8(2)4-9(7-15)11-5-10-6-12-13-14(10)3/h6,8-9,11,15H,4-5,7H2,1-3H3. The molecule has 5 nitrogen and oxygen atoms in total. The van der Waals surface area contributed by atoms with E-state index in [0.717, 1.165) is 12.1 Å². The van der Waals surface area contributed by atoms with E-state index >= 15 is 0 Å². The number of nitrogens with zero attached hydrogens (tertiary/aromatic N) is 3.